The molecule has 1 aromatic heterocycles. The second-order valence-corrected chi connectivity index (χ2v) is 7.61. The first-order valence-corrected chi connectivity index (χ1v) is 10.6. The van der Waals surface area contributed by atoms with E-state index >= 15 is 0 Å². The molecule has 1 heterocycles. The number of hydrogen-bond donors (Lipinski definition) is 1. The van der Waals surface area contributed by atoms with Crippen LogP contribution in [0.15, 0.2) is 46.9 Å². The van der Waals surface area contributed by atoms with Gasteiger partial charge in [-0.2, -0.15) is 0 Å². The summed E-state index contributed by atoms with van der Waals surface area (Å²) < 4.78 is 16.5. The Morgan fingerprint density at radius 3 is 2.52 bits per heavy atom. The molecule has 3 rings (SSSR count). The van der Waals surface area contributed by atoms with E-state index in [4.69, 9.17) is 25.5 Å². The van der Waals surface area contributed by atoms with Crippen molar-refractivity contribution in [2.24, 2.45) is 0 Å². The SMILES string of the molecule is COc1ccc(-c2nc(CCCC(=O)NCCc3ccc(Cl)cc3)c(C)o2)cc1OC. The molecule has 0 bridgehead atoms. The van der Waals surface area contributed by atoms with Gasteiger partial charge >= 0.3 is 0 Å². The molecule has 1 amide bonds. The third-order valence-electron chi connectivity index (χ3n) is 4.99. The van der Waals surface area contributed by atoms with Crippen molar-refractivity contribution in [3.8, 4) is 23.0 Å². The van der Waals surface area contributed by atoms with Gasteiger partial charge in [0.1, 0.15) is 5.76 Å². The van der Waals surface area contributed by atoms with Crippen LogP contribution in [0.2, 0.25) is 5.02 Å². The van der Waals surface area contributed by atoms with Crippen LogP contribution in [0.3, 0.4) is 0 Å². The molecule has 0 atom stereocenters. The van der Waals surface area contributed by atoms with E-state index in [9.17, 15) is 4.79 Å². The summed E-state index contributed by atoms with van der Waals surface area (Å²) in [5.74, 6) is 2.59. The summed E-state index contributed by atoms with van der Waals surface area (Å²) in [5, 5.41) is 3.67. The van der Waals surface area contributed by atoms with Crippen LogP contribution in [0.25, 0.3) is 11.5 Å². The Bertz CT molecular complexity index is 1010. The average Bonchev–Trinajstić information content (AvgIpc) is 3.15. The molecule has 0 fully saturated rings. The summed E-state index contributed by atoms with van der Waals surface area (Å²) >= 11 is 5.88. The van der Waals surface area contributed by atoms with E-state index in [0.717, 1.165) is 29.0 Å². The number of nitrogens with zero attached hydrogens (tertiary/aromatic N) is 1. The topological polar surface area (TPSA) is 73.6 Å². The van der Waals surface area contributed by atoms with Crippen molar-refractivity contribution >= 4 is 17.5 Å². The van der Waals surface area contributed by atoms with Gasteiger partial charge in [0.25, 0.3) is 0 Å². The van der Waals surface area contributed by atoms with Gasteiger partial charge in [0.2, 0.25) is 11.8 Å². The monoisotopic (exact) mass is 442 g/mol. The van der Waals surface area contributed by atoms with Gasteiger partial charge in [-0.3, -0.25) is 4.79 Å². The zero-order valence-electron chi connectivity index (χ0n) is 18.0. The number of halogens is 1. The Labute approximate surface area is 187 Å². The third kappa shape index (κ3) is 6.25. The number of rotatable bonds is 10. The van der Waals surface area contributed by atoms with E-state index in [-0.39, 0.29) is 5.91 Å². The molecule has 0 aliphatic carbocycles. The molecule has 0 aliphatic heterocycles. The second-order valence-electron chi connectivity index (χ2n) is 7.17. The minimum atomic E-state index is 0.0372. The van der Waals surface area contributed by atoms with Crippen LogP contribution in [-0.4, -0.2) is 31.7 Å². The molecule has 6 nitrogen and oxygen atoms in total. The Kier molecular flexibility index (Phi) is 7.95. The highest BCUT2D eigenvalue weighted by atomic mass is 35.5. The maximum Gasteiger partial charge on any atom is 0.226 e. The average molecular weight is 443 g/mol. The lowest BCUT2D eigenvalue weighted by molar-refractivity contribution is -0.121. The maximum absolute atomic E-state index is 12.1. The standard InChI is InChI=1S/C24H27ClN2O4/c1-16-20(27-24(31-16)18-9-12-21(29-2)22(15-18)30-3)5-4-6-23(28)26-14-13-17-7-10-19(25)11-8-17/h7-12,15H,4-6,13-14H2,1-3H3,(H,26,28). The quantitative estimate of drug-likeness (QED) is 0.478. The number of benzene rings is 2. The lowest BCUT2D eigenvalue weighted by Gasteiger charge is -2.07. The Hall–Kier alpha value is -2.99. The summed E-state index contributed by atoms with van der Waals surface area (Å²) in [6, 6.07) is 13.2. The minimum Gasteiger partial charge on any atom is -0.493 e. The molecule has 1 N–H and O–H groups in total. The fraction of sp³-hybridized carbons (Fsp3) is 0.333. The van der Waals surface area contributed by atoms with Crippen molar-refractivity contribution in [2.75, 3.05) is 20.8 Å². The highest BCUT2D eigenvalue weighted by Crippen LogP contribution is 2.32. The lowest BCUT2D eigenvalue weighted by Crippen LogP contribution is -2.25. The molecule has 0 radical (unpaired) electrons. The van der Waals surface area contributed by atoms with Crippen LogP contribution in [0.4, 0.5) is 0 Å². The number of methoxy groups -OCH3 is 2. The predicted molar refractivity (Wildman–Crippen MR) is 121 cm³/mol. The zero-order chi connectivity index (χ0) is 22.2. The smallest absolute Gasteiger partial charge is 0.226 e. The van der Waals surface area contributed by atoms with E-state index in [1.165, 1.54) is 0 Å². The molecule has 3 aromatic rings. The largest absolute Gasteiger partial charge is 0.493 e. The van der Waals surface area contributed by atoms with Gasteiger partial charge < -0.3 is 19.2 Å². The number of nitrogens with one attached hydrogen (secondary N) is 1. The number of ether oxygens (including phenoxy) is 2. The molecule has 31 heavy (non-hydrogen) atoms. The molecule has 0 aliphatic rings. The summed E-state index contributed by atoms with van der Waals surface area (Å²) in [4.78, 5) is 16.7. The Balaban J connectivity index is 1.48. The van der Waals surface area contributed by atoms with Crippen molar-refractivity contribution in [3.63, 3.8) is 0 Å². The summed E-state index contributed by atoms with van der Waals surface area (Å²) in [5.41, 5.74) is 2.82. The third-order valence-corrected chi connectivity index (χ3v) is 5.24. The van der Waals surface area contributed by atoms with Crippen LogP contribution < -0.4 is 14.8 Å². The van der Waals surface area contributed by atoms with Crippen LogP contribution in [0.1, 0.15) is 29.9 Å². The van der Waals surface area contributed by atoms with Crippen molar-refractivity contribution < 1.29 is 18.7 Å². The van der Waals surface area contributed by atoms with Crippen LogP contribution >= 0.6 is 11.6 Å². The van der Waals surface area contributed by atoms with Crippen LogP contribution in [-0.2, 0) is 17.6 Å². The number of hydrogen-bond acceptors (Lipinski definition) is 5. The molecule has 0 saturated carbocycles. The number of oxazole rings is 1. The van der Waals surface area contributed by atoms with Crippen molar-refractivity contribution in [1.29, 1.82) is 0 Å². The van der Waals surface area contributed by atoms with Crippen molar-refractivity contribution in [1.82, 2.24) is 10.3 Å². The molecule has 0 spiro atoms. The molecular weight excluding hydrogens is 416 g/mol. The van der Waals surface area contributed by atoms with Gasteiger partial charge in [-0.1, -0.05) is 23.7 Å². The fourth-order valence-corrected chi connectivity index (χ4v) is 3.38. The van der Waals surface area contributed by atoms with Gasteiger partial charge in [0.05, 0.1) is 19.9 Å². The van der Waals surface area contributed by atoms with Crippen molar-refractivity contribution in [2.45, 2.75) is 32.6 Å². The lowest BCUT2D eigenvalue weighted by atomic mass is 10.1. The molecular formula is C24H27ClN2O4. The first kappa shape index (κ1) is 22.7. The van der Waals surface area contributed by atoms with Gasteiger partial charge in [-0.15, -0.1) is 0 Å². The summed E-state index contributed by atoms with van der Waals surface area (Å²) in [7, 11) is 3.19. The number of aromatic nitrogens is 1. The number of carbonyl (C=O) groups is 1. The minimum absolute atomic E-state index is 0.0372. The second kappa shape index (κ2) is 10.9. The van der Waals surface area contributed by atoms with Gasteiger partial charge in [-0.25, -0.2) is 4.98 Å². The molecule has 0 saturated heterocycles. The Morgan fingerprint density at radius 2 is 1.81 bits per heavy atom. The fourth-order valence-electron chi connectivity index (χ4n) is 3.25. The van der Waals surface area contributed by atoms with Crippen molar-refractivity contribution in [3.05, 3.63) is 64.5 Å². The molecule has 164 valence electrons. The van der Waals surface area contributed by atoms with Crippen LogP contribution in [0, 0.1) is 6.92 Å². The highest BCUT2D eigenvalue weighted by molar-refractivity contribution is 6.30. The normalized spacial score (nSPS) is 10.7. The van der Waals surface area contributed by atoms with E-state index < -0.39 is 0 Å². The zero-order valence-corrected chi connectivity index (χ0v) is 18.8. The van der Waals surface area contributed by atoms with E-state index in [2.05, 4.69) is 10.3 Å². The van der Waals surface area contributed by atoms with E-state index in [0.29, 0.717) is 48.2 Å². The maximum atomic E-state index is 12.1. The van der Waals surface area contributed by atoms with E-state index in [1.807, 2.05) is 49.4 Å². The molecule has 0 unspecified atom stereocenters. The first-order chi connectivity index (χ1) is 15.0. The number of aryl methyl sites for hydroxylation is 2. The summed E-state index contributed by atoms with van der Waals surface area (Å²) in [6.45, 7) is 2.49. The molecule has 2 aromatic carbocycles. The first-order valence-electron chi connectivity index (χ1n) is 10.2. The highest BCUT2D eigenvalue weighted by Gasteiger charge is 2.14. The molecule has 7 heteroatoms. The van der Waals surface area contributed by atoms with Gasteiger partial charge in [0.15, 0.2) is 11.5 Å². The van der Waals surface area contributed by atoms with Crippen LogP contribution in [0.5, 0.6) is 11.5 Å². The number of amides is 1. The predicted octanol–water partition coefficient (Wildman–Crippen LogP) is 5.00. The van der Waals surface area contributed by atoms with Gasteiger partial charge in [-0.05, 0) is 62.1 Å². The van der Waals surface area contributed by atoms with E-state index in [1.54, 1.807) is 14.2 Å². The number of carbonyl (C=O) groups excluding carboxylic acids is 1. The Morgan fingerprint density at radius 1 is 1.06 bits per heavy atom. The van der Waals surface area contributed by atoms with Gasteiger partial charge in [0, 0.05) is 23.6 Å². The summed E-state index contributed by atoms with van der Waals surface area (Å²) in [6.07, 6.45) is 2.59.